The van der Waals surface area contributed by atoms with Gasteiger partial charge in [0, 0.05) is 29.9 Å². The number of hydrogen-bond donors (Lipinski definition) is 1. The zero-order chi connectivity index (χ0) is 19.9. The maximum Gasteiger partial charge on any atom is 0.165 e. The van der Waals surface area contributed by atoms with E-state index in [1.807, 2.05) is 49.5 Å². The van der Waals surface area contributed by atoms with Crippen LogP contribution in [0.4, 0.5) is 4.39 Å². The Kier molecular flexibility index (Phi) is 6.41. The first-order chi connectivity index (χ1) is 13.6. The summed E-state index contributed by atoms with van der Waals surface area (Å²) in [5.41, 5.74) is 3.79. The standard InChI is InChI=1S/C22H23FN4O/c1-16(18-9-10-21(28-2)20(23)13-18)25-14-19-15-27(12-6-11-24)26-22(19)17-7-4-3-5-8-17/h3-5,7-10,13,15-16,25H,6,12,14H2,1-2H3. The largest absolute Gasteiger partial charge is 0.494 e. The summed E-state index contributed by atoms with van der Waals surface area (Å²) in [5, 5.41) is 16.9. The molecule has 1 N–H and O–H groups in total. The van der Waals surface area contributed by atoms with Crippen LogP contribution in [0.15, 0.2) is 54.7 Å². The van der Waals surface area contributed by atoms with E-state index in [0.717, 1.165) is 22.4 Å². The van der Waals surface area contributed by atoms with E-state index in [-0.39, 0.29) is 17.6 Å². The minimum absolute atomic E-state index is 0.0495. The van der Waals surface area contributed by atoms with Crippen molar-refractivity contribution in [1.29, 1.82) is 5.26 Å². The SMILES string of the molecule is COc1ccc(C(C)NCc2cn(CCC#N)nc2-c2ccccc2)cc1F. The number of nitrogens with one attached hydrogen (secondary N) is 1. The summed E-state index contributed by atoms with van der Waals surface area (Å²) in [6, 6.07) is 17.0. The van der Waals surface area contributed by atoms with Crippen LogP contribution >= 0.6 is 0 Å². The Bertz CT molecular complexity index is 962. The number of nitriles is 1. The molecular weight excluding hydrogens is 355 g/mol. The highest BCUT2D eigenvalue weighted by Crippen LogP contribution is 2.25. The first-order valence-corrected chi connectivity index (χ1v) is 9.18. The lowest BCUT2D eigenvalue weighted by molar-refractivity contribution is 0.385. The summed E-state index contributed by atoms with van der Waals surface area (Å²) in [6.07, 6.45) is 2.37. The van der Waals surface area contributed by atoms with Gasteiger partial charge in [0.15, 0.2) is 11.6 Å². The number of rotatable bonds is 8. The van der Waals surface area contributed by atoms with Crippen LogP contribution in [-0.2, 0) is 13.1 Å². The van der Waals surface area contributed by atoms with Crippen LogP contribution in [0.1, 0.15) is 30.5 Å². The summed E-state index contributed by atoms with van der Waals surface area (Å²) < 4.78 is 20.8. The summed E-state index contributed by atoms with van der Waals surface area (Å²) >= 11 is 0. The molecule has 3 rings (SSSR count). The van der Waals surface area contributed by atoms with E-state index in [1.165, 1.54) is 13.2 Å². The predicted molar refractivity (Wildman–Crippen MR) is 106 cm³/mol. The van der Waals surface area contributed by atoms with Crippen molar-refractivity contribution in [2.75, 3.05) is 7.11 Å². The quantitative estimate of drug-likeness (QED) is 0.628. The molecule has 144 valence electrons. The zero-order valence-corrected chi connectivity index (χ0v) is 16.0. The number of methoxy groups -OCH3 is 1. The molecule has 1 atom stereocenters. The van der Waals surface area contributed by atoms with Crippen LogP contribution in [0, 0.1) is 17.1 Å². The van der Waals surface area contributed by atoms with Crippen molar-refractivity contribution >= 4 is 0 Å². The van der Waals surface area contributed by atoms with Gasteiger partial charge in [-0.3, -0.25) is 4.68 Å². The van der Waals surface area contributed by atoms with Gasteiger partial charge < -0.3 is 10.1 Å². The number of hydrogen-bond acceptors (Lipinski definition) is 4. The van der Waals surface area contributed by atoms with Crippen molar-refractivity contribution in [3.8, 4) is 23.1 Å². The van der Waals surface area contributed by atoms with Gasteiger partial charge in [-0.1, -0.05) is 36.4 Å². The molecular formula is C22H23FN4O. The lowest BCUT2D eigenvalue weighted by Gasteiger charge is -2.15. The molecule has 0 fully saturated rings. The van der Waals surface area contributed by atoms with Gasteiger partial charge in [0.05, 0.1) is 31.8 Å². The van der Waals surface area contributed by atoms with Crippen LogP contribution in [0.25, 0.3) is 11.3 Å². The Balaban J connectivity index is 1.78. The molecule has 0 aliphatic carbocycles. The molecule has 3 aromatic rings. The number of aryl methyl sites for hydroxylation is 1. The molecule has 0 saturated heterocycles. The van der Waals surface area contributed by atoms with Gasteiger partial charge in [0.2, 0.25) is 0 Å². The molecule has 1 heterocycles. The molecule has 0 radical (unpaired) electrons. The van der Waals surface area contributed by atoms with Crippen molar-refractivity contribution in [3.63, 3.8) is 0 Å². The molecule has 0 saturated carbocycles. The van der Waals surface area contributed by atoms with Crippen LogP contribution in [0.3, 0.4) is 0 Å². The van der Waals surface area contributed by atoms with Gasteiger partial charge in [0.25, 0.3) is 0 Å². The fourth-order valence-corrected chi connectivity index (χ4v) is 3.04. The molecule has 0 bridgehead atoms. The normalized spacial score (nSPS) is 11.8. The van der Waals surface area contributed by atoms with E-state index in [0.29, 0.717) is 19.5 Å². The predicted octanol–water partition coefficient (Wildman–Crippen LogP) is 4.46. The molecule has 2 aromatic carbocycles. The van der Waals surface area contributed by atoms with E-state index < -0.39 is 0 Å². The van der Waals surface area contributed by atoms with Crippen LogP contribution < -0.4 is 10.1 Å². The van der Waals surface area contributed by atoms with Gasteiger partial charge in [-0.2, -0.15) is 10.4 Å². The van der Waals surface area contributed by atoms with Gasteiger partial charge in [-0.05, 0) is 24.6 Å². The fourth-order valence-electron chi connectivity index (χ4n) is 3.04. The number of nitrogens with zero attached hydrogens (tertiary/aromatic N) is 3. The lowest BCUT2D eigenvalue weighted by atomic mass is 10.1. The van der Waals surface area contributed by atoms with E-state index in [2.05, 4.69) is 16.5 Å². The van der Waals surface area contributed by atoms with E-state index in [1.54, 1.807) is 10.7 Å². The summed E-state index contributed by atoms with van der Waals surface area (Å²) in [5.74, 6) is -0.135. The maximum atomic E-state index is 14.0. The van der Waals surface area contributed by atoms with Crippen LogP contribution in [0.5, 0.6) is 5.75 Å². The first kappa shape index (κ1) is 19.6. The van der Waals surface area contributed by atoms with E-state index in [4.69, 9.17) is 10.00 Å². The molecule has 5 nitrogen and oxygen atoms in total. The van der Waals surface area contributed by atoms with Crippen molar-refractivity contribution < 1.29 is 9.13 Å². The van der Waals surface area contributed by atoms with Crippen LogP contribution in [-0.4, -0.2) is 16.9 Å². The Hall–Kier alpha value is -3.17. The van der Waals surface area contributed by atoms with Crippen molar-refractivity contribution in [1.82, 2.24) is 15.1 Å². The number of aromatic nitrogens is 2. The summed E-state index contributed by atoms with van der Waals surface area (Å²) in [6.45, 7) is 3.12. The average molecular weight is 378 g/mol. The smallest absolute Gasteiger partial charge is 0.165 e. The van der Waals surface area contributed by atoms with E-state index in [9.17, 15) is 4.39 Å². The zero-order valence-electron chi connectivity index (χ0n) is 16.0. The Morgan fingerprint density at radius 2 is 2.04 bits per heavy atom. The Labute approximate surface area is 164 Å². The second-order valence-corrected chi connectivity index (χ2v) is 6.54. The molecule has 6 heteroatoms. The molecule has 0 spiro atoms. The van der Waals surface area contributed by atoms with E-state index >= 15 is 0 Å². The third-order valence-electron chi connectivity index (χ3n) is 4.61. The highest BCUT2D eigenvalue weighted by molar-refractivity contribution is 5.62. The summed E-state index contributed by atoms with van der Waals surface area (Å²) in [7, 11) is 1.45. The van der Waals surface area contributed by atoms with Crippen molar-refractivity contribution in [2.24, 2.45) is 0 Å². The number of ether oxygens (including phenoxy) is 1. The fraction of sp³-hybridized carbons (Fsp3) is 0.273. The topological polar surface area (TPSA) is 62.9 Å². The number of halogens is 1. The van der Waals surface area contributed by atoms with Crippen LogP contribution in [0.2, 0.25) is 0 Å². The highest BCUT2D eigenvalue weighted by atomic mass is 19.1. The lowest BCUT2D eigenvalue weighted by Crippen LogP contribution is -2.18. The average Bonchev–Trinajstić information content (AvgIpc) is 3.14. The molecule has 0 amide bonds. The van der Waals surface area contributed by atoms with Crippen molar-refractivity contribution in [2.45, 2.75) is 32.5 Å². The Morgan fingerprint density at radius 1 is 1.25 bits per heavy atom. The maximum absolute atomic E-state index is 14.0. The minimum Gasteiger partial charge on any atom is -0.494 e. The molecule has 28 heavy (non-hydrogen) atoms. The van der Waals surface area contributed by atoms with Crippen molar-refractivity contribution in [3.05, 3.63) is 71.7 Å². The second kappa shape index (κ2) is 9.16. The summed E-state index contributed by atoms with van der Waals surface area (Å²) in [4.78, 5) is 0. The van der Waals surface area contributed by atoms with Gasteiger partial charge in [0.1, 0.15) is 0 Å². The third-order valence-corrected chi connectivity index (χ3v) is 4.61. The molecule has 1 unspecified atom stereocenters. The highest BCUT2D eigenvalue weighted by Gasteiger charge is 2.14. The molecule has 0 aliphatic rings. The second-order valence-electron chi connectivity index (χ2n) is 6.54. The van der Waals surface area contributed by atoms with Gasteiger partial charge in [-0.25, -0.2) is 4.39 Å². The monoisotopic (exact) mass is 378 g/mol. The third kappa shape index (κ3) is 4.56. The number of benzene rings is 2. The molecule has 0 aliphatic heterocycles. The molecule has 1 aromatic heterocycles. The Morgan fingerprint density at radius 3 is 2.71 bits per heavy atom. The first-order valence-electron chi connectivity index (χ1n) is 9.18. The van der Waals surface area contributed by atoms with Gasteiger partial charge >= 0.3 is 0 Å². The van der Waals surface area contributed by atoms with Gasteiger partial charge in [-0.15, -0.1) is 0 Å². The minimum atomic E-state index is -0.372.